The molecule has 0 spiro atoms. The van der Waals surface area contributed by atoms with Crippen LogP contribution in [0.25, 0.3) is 0 Å². The van der Waals surface area contributed by atoms with Gasteiger partial charge in [0.15, 0.2) is 0 Å². The van der Waals surface area contributed by atoms with Crippen LogP contribution >= 0.6 is 0 Å². The Labute approximate surface area is 114 Å². The minimum atomic E-state index is -0.135. The van der Waals surface area contributed by atoms with Crippen LogP contribution in [0.1, 0.15) is 23.2 Å². The smallest absolute Gasteiger partial charge is 0.251 e. The zero-order chi connectivity index (χ0) is 14.3. The number of nitrogens with one attached hydrogen (secondary N) is 2. The number of carbonyl (C=O) groups excluding carboxylic acids is 2. The molecule has 19 heavy (non-hydrogen) atoms. The molecular formula is C14H21N3O2. The fourth-order valence-corrected chi connectivity index (χ4v) is 1.63. The summed E-state index contributed by atoms with van der Waals surface area (Å²) in [5.41, 5.74) is 1.29. The standard InChI is InChI=1S/C14H21N3O2/c1-15-14(19)11-6-8-12(9-7-11)16-13(18)5-4-10-17(2)3/h6-9H,4-5,10H2,1-3H3,(H,15,19)(H,16,18). The maximum absolute atomic E-state index is 11.7. The van der Waals surface area contributed by atoms with Crippen LogP contribution in [0.2, 0.25) is 0 Å². The quantitative estimate of drug-likeness (QED) is 0.814. The fourth-order valence-electron chi connectivity index (χ4n) is 1.63. The first-order valence-corrected chi connectivity index (χ1v) is 6.29. The summed E-state index contributed by atoms with van der Waals surface area (Å²) in [7, 11) is 5.55. The van der Waals surface area contributed by atoms with E-state index in [1.807, 2.05) is 19.0 Å². The van der Waals surface area contributed by atoms with E-state index in [0.717, 1.165) is 13.0 Å². The van der Waals surface area contributed by atoms with Gasteiger partial charge in [-0.15, -0.1) is 0 Å². The first-order valence-electron chi connectivity index (χ1n) is 6.29. The molecular weight excluding hydrogens is 242 g/mol. The second kappa shape index (κ2) is 7.53. The number of hydrogen-bond donors (Lipinski definition) is 2. The summed E-state index contributed by atoms with van der Waals surface area (Å²) >= 11 is 0. The minimum Gasteiger partial charge on any atom is -0.355 e. The Kier molecular flexibility index (Phi) is 6.02. The molecule has 0 unspecified atom stereocenters. The lowest BCUT2D eigenvalue weighted by molar-refractivity contribution is -0.116. The topological polar surface area (TPSA) is 61.4 Å². The van der Waals surface area contributed by atoms with Gasteiger partial charge in [0.05, 0.1) is 0 Å². The van der Waals surface area contributed by atoms with Gasteiger partial charge in [-0.1, -0.05) is 0 Å². The first-order chi connectivity index (χ1) is 9.02. The van der Waals surface area contributed by atoms with Gasteiger partial charge in [-0.2, -0.15) is 0 Å². The molecule has 1 rings (SSSR count). The van der Waals surface area contributed by atoms with Crippen LogP contribution in [0.15, 0.2) is 24.3 Å². The Balaban J connectivity index is 2.44. The van der Waals surface area contributed by atoms with Gasteiger partial charge in [0.2, 0.25) is 5.91 Å². The molecule has 1 aromatic rings. The van der Waals surface area contributed by atoms with Crippen molar-refractivity contribution in [3.63, 3.8) is 0 Å². The van der Waals surface area contributed by atoms with Gasteiger partial charge in [-0.3, -0.25) is 9.59 Å². The number of benzene rings is 1. The molecule has 0 aromatic heterocycles. The van der Waals surface area contributed by atoms with Crippen LogP contribution in [-0.4, -0.2) is 44.4 Å². The fraction of sp³-hybridized carbons (Fsp3) is 0.429. The number of nitrogens with zero attached hydrogens (tertiary/aromatic N) is 1. The summed E-state index contributed by atoms with van der Waals surface area (Å²) in [5.74, 6) is -0.140. The van der Waals surface area contributed by atoms with Crippen LogP contribution in [-0.2, 0) is 4.79 Å². The van der Waals surface area contributed by atoms with Crippen molar-refractivity contribution in [1.82, 2.24) is 10.2 Å². The Morgan fingerprint density at radius 2 is 1.79 bits per heavy atom. The van der Waals surface area contributed by atoms with Crippen molar-refractivity contribution in [3.05, 3.63) is 29.8 Å². The normalized spacial score (nSPS) is 10.3. The molecule has 1 aromatic carbocycles. The van der Waals surface area contributed by atoms with E-state index in [4.69, 9.17) is 0 Å². The van der Waals surface area contributed by atoms with Crippen molar-refractivity contribution in [2.75, 3.05) is 33.0 Å². The number of hydrogen-bond acceptors (Lipinski definition) is 3. The van der Waals surface area contributed by atoms with Crippen molar-refractivity contribution in [2.24, 2.45) is 0 Å². The molecule has 0 fully saturated rings. The highest BCUT2D eigenvalue weighted by Crippen LogP contribution is 2.10. The van der Waals surface area contributed by atoms with Crippen molar-refractivity contribution in [3.8, 4) is 0 Å². The van der Waals surface area contributed by atoms with Gasteiger partial charge in [0, 0.05) is 24.7 Å². The van der Waals surface area contributed by atoms with Crippen LogP contribution in [0.4, 0.5) is 5.69 Å². The number of anilines is 1. The van der Waals surface area contributed by atoms with E-state index < -0.39 is 0 Å². The maximum Gasteiger partial charge on any atom is 0.251 e. The number of amides is 2. The number of rotatable bonds is 6. The van der Waals surface area contributed by atoms with E-state index in [9.17, 15) is 9.59 Å². The zero-order valence-electron chi connectivity index (χ0n) is 11.7. The lowest BCUT2D eigenvalue weighted by Crippen LogP contribution is -2.18. The molecule has 104 valence electrons. The Hall–Kier alpha value is -1.88. The molecule has 5 nitrogen and oxygen atoms in total. The lowest BCUT2D eigenvalue weighted by atomic mass is 10.2. The van der Waals surface area contributed by atoms with E-state index in [2.05, 4.69) is 10.6 Å². The zero-order valence-corrected chi connectivity index (χ0v) is 11.7. The second-order valence-electron chi connectivity index (χ2n) is 4.61. The predicted molar refractivity (Wildman–Crippen MR) is 76.2 cm³/mol. The molecule has 2 N–H and O–H groups in total. The third-order valence-corrected chi connectivity index (χ3v) is 2.67. The van der Waals surface area contributed by atoms with Gasteiger partial charge in [-0.25, -0.2) is 0 Å². The van der Waals surface area contributed by atoms with Gasteiger partial charge in [0.25, 0.3) is 5.91 Å². The van der Waals surface area contributed by atoms with Gasteiger partial charge in [0.1, 0.15) is 0 Å². The van der Waals surface area contributed by atoms with Crippen molar-refractivity contribution < 1.29 is 9.59 Å². The van der Waals surface area contributed by atoms with E-state index in [1.165, 1.54) is 0 Å². The highest BCUT2D eigenvalue weighted by molar-refractivity contribution is 5.95. The Bertz CT molecular complexity index is 427. The summed E-state index contributed by atoms with van der Waals surface area (Å²) in [6.45, 7) is 0.892. The Morgan fingerprint density at radius 3 is 2.32 bits per heavy atom. The third-order valence-electron chi connectivity index (χ3n) is 2.67. The molecule has 0 aliphatic rings. The molecule has 2 amide bonds. The largest absolute Gasteiger partial charge is 0.355 e. The van der Waals surface area contributed by atoms with Gasteiger partial charge < -0.3 is 15.5 Å². The SMILES string of the molecule is CNC(=O)c1ccc(NC(=O)CCCN(C)C)cc1. The van der Waals surface area contributed by atoms with Crippen molar-refractivity contribution in [1.29, 1.82) is 0 Å². The average Bonchev–Trinajstić information content (AvgIpc) is 2.38. The summed E-state index contributed by atoms with van der Waals surface area (Å²) in [5, 5.41) is 5.36. The van der Waals surface area contributed by atoms with Crippen molar-refractivity contribution in [2.45, 2.75) is 12.8 Å². The first kappa shape index (κ1) is 15.2. The molecule has 0 aliphatic carbocycles. The maximum atomic E-state index is 11.7. The van der Waals surface area contributed by atoms with E-state index in [0.29, 0.717) is 17.7 Å². The molecule has 0 saturated heterocycles. The molecule has 0 atom stereocenters. The predicted octanol–water partition coefficient (Wildman–Crippen LogP) is 1.33. The van der Waals surface area contributed by atoms with Crippen LogP contribution in [0.5, 0.6) is 0 Å². The lowest BCUT2D eigenvalue weighted by Gasteiger charge is -2.09. The monoisotopic (exact) mass is 263 g/mol. The van der Waals surface area contributed by atoms with Gasteiger partial charge in [-0.05, 0) is 51.3 Å². The van der Waals surface area contributed by atoms with Crippen molar-refractivity contribution >= 4 is 17.5 Å². The molecule has 0 bridgehead atoms. The summed E-state index contributed by atoms with van der Waals surface area (Å²) in [6, 6.07) is 6.84. The number of carbonyl (C=O) groups is 2. The third kappa shape index (κ3) is 5.52. The molecule has 0 saturated carbocycles. The minimum absolute atomic E-state index is 0.00505. The van der Waals surface area contributed by atoms with E-state index in [-0.39, 0.29) is 11.8 Å². The average molecular weight is 263 g/mol. The summed E-state index contributed by atoms with van der Waals surface area (Å²) in [6.07, 6.45) is 1.32. The summed E-state index contributed by atoms with van der Waals surface area (Å²) in [4.78, 5) is 25.1. The van der Waals surface area contributed by atoms with E-state index >= 15 is 0 Å². The Morgan fingerprint density at radius 1 is 1.16 bits per heavy atom. The van der Waals surface area contributed by atoms with E-state index in [1.54, 1.807) is 31.3 Å². The second-order valence-corrected chi connectivity index (χ2v) is 4.61. The molecule has 5 heteroatoms. The van der Waals surface area contributed by atoms with Crippen LogP contribution < -0.4 is 10.6 Å². The molecule has 0 aliphatic heterocycles. The van der Waals surface area contributed by atoms with Crippen LogP contribution in [0.3, 0.4) is 0 Å². The highest BCUT2D eigenvalue weighted by atomic mass is 16.2. The molecule has 0 heterocycles. The van der Waals surface area contributed by atoms with Gasteiger partial charge >= 0.3 is 0 Å². The summed E-state index contributed by atoms with van der Waals surface area (Å²) < 4.78 is 0. The highest BCUT2D eigenvalue weighted by Gasteiger charge is 2.05. The van der Waals surface area contributed by atoms with Crippen LogP contribution in [0, 0.1) is 0 Å². The molecule has 0 radical (unpaired) electrons.